The summed E-state index contributed by atoms with van der Waals surface area (Å²) in [4.78, 5) is 4.93. The van der Waals surface area contributed by atoms with Crippen molar-refractivity contribution in [3.63, 3.8) is 0 Å². The number of likely N-dealkylation sites (N-methyl/N-ethyl adjacent to an activating group) is 2. The van der Waals surface area contributed by atoms with Gasteiger partial charge in [0, 0.05) is 18.6 Å². The maximum atomic E-state index is 4.17. The van der Waals surface area contributed by atoms with Gasteiger partial charge in [-0.2, -0.15) is 0 Å². The highest BCUT2D eigenvalue weighted by Crippen LogP contribution is 2.15. The number of rotatable bonds is 5. The lowest BCUT2D eigenvalue weighted by molar-refractivity contribution is 0.191. The second-order valence-electron chi connectivity index (χ2n) is 5.44. The van der Waals surface area contributed by atoms with Crippen LogP contribution in [0, 0.1) is 0 Å². The van der Waals surface area contributed by atoms with Crippen molar-refractivity contribution in [3.05, 3.63) is 12.2 Å². The fourth-order valence-electron chi connectivity index (χ4n) is 2.60. The molecule has 17 heavy (non-hydrogen) atoms. The molecule has 3 heteroatoms. The number of nitrogens with zero attached hydrogens (tertiary/aromatic N) is 2. The van der Waals surface area contributed by atoms with Gasteiger partial charge < -0.3 is 15.1 Å². The summed E-state index contributed by atoms with van der Waals surface area (Å²) in [6.07, 6.45) is 2.44. The zero-order chi connectivity index (χ0) is 12.8. The molecule has 2 atom stereocenters. The summed E-state index contributed by atoms with van der Waals surface area (Å²) in [5.74, 6) is 0. The summed E-state index contributed by atoms with van der Waals surface area (Å²) in [5.41, 5.74) is 1.26. The molecule has 0 aromatic rings. The molecule has 100 valence electrons. The molecule has 0 aromatic carbocycles. The van der Waals surface area contributed by atoms with Crippen LogP contribution < -0.4 is 5.32 Å². The summed E-state index contributed by atoms with van der Waals surface area (Å²) >= 11 is 0. The first kappa shape index (κ1) is 14.7. The van der Waals surface area contributed by atoms with E-state index >= 15 is 0 Å². The lowest BCUT2D eigenvalue weighted by Crippen LogP contribution is -2.52. The minimum atomic E-state index is 0.417. The molecule has 2 unspecified atom stereocenters. The predicted octanol–water partition coefficient (Wildman–Crippen LogP) is 1.57. The highest BCUT2D eigenvalue weighted by atomic mass is 15.2. The van der Waals surface area contributed by atoms with Crippen molar-refractivity contribution < 1.29 is 0 Å². The molecule has 0 saturated carbocycles. The molecule has 0 aliphatic carbocycles. The maximum absolute atomic E-state index is 4.17. The zero-order valence-corrected chi connectivity index (χ0v) is 12.0. The van der Waals surface area contributed by atoms with Gasteiger partial charge in [0.2, 0.25) is 0 Å². The van der Waals surface area contributed by atoms with Gasteiger partial charge in [-0.1, -0.05) is 19.1 Å². The first-order chi connectivity index (χ1) is 8.06. The SMILES string of the molecule is C=C(C)C(NCCC)C1CN(C)CCCN1C. The van der Waals surface area contributed by atoms with E-state index in [-0.39, 0.29) is 0 Å². The van der Waals surface area contributed by atoms with Crippen LogP contribution in [0.25, 0.3) is 0 Å². The molecule has 1 N–H and O–H groups in total. The summed E-state index contributed by atoms with van der Waals surface area (Å²) in [7, 11) is 4.47. The van der Waals surface area contributed by atoms with Gasteiger partial charge in [-0.15, -0.1) is 0 Å². The Labute approximate surface area is 107 Å². The van der Waals surface area contributed by atoms with Gasteiger partial charge >= 0.3 is 0 Å². The Bertz CT molecular complexity index is 240. The largest absolute Gasteiger partial charge is 0.309 e. The van der Waals surface area contributed by atoms with Gasteiger partial charge in [0.1, 0.15) is 0 Å². The third-order valence-electron chi connectivity index (χ3n) is 3.65. The standard InChI is InChI=1S/C14H29N3/c1-6-8-15-14(12(2)3)13-11-16(4)9-7-10-17(13)5/h13-15H,2,6-11H2,1,3-5H3. The van der Waals surface area contributed by atoms with E-state index in [1.54, 1.807) is 0 Å². The van der Waals surface area contributed by atoms with Crippen molar-refractivity contribution in [1.82, 2.24) is 15.1 Å². The average molecular weight is 239 g/mol. The highest BCUT2D eigenvalue weighted by molar-refractivity contribution is 5.08. The number of hydrogen-bond donors (Lipinski definition) is 1. The van der Waals surface area contributed by atoms with E-state index in [0.29, 0.717) is 12.1 Å². The third-order valence-corrected chi connectivity index (χ3v) is 3.65. The normalized spacial score (nSPS) is 25.5. The van der Waals surface area contributed by atoms with Crippen LogP contribution in [-0.4, -0.2) is 62.2 Å². The number of nitrogens with one attached hydrogen (secondary N) is 1. The van der Waals surface area contributed by atoms with E-state index in [1.807, 2.05) is 0 Å². The lowest BCUT2D eigenvalue weighted by atomic mass is 10.00. The molecule has 0 amide bonds. The van der Waals surface area contributed by atoms with Crippen LogP contribution in [0.4, 0.5) is 0 Å². The van der Waals surface area contributed by atoms with Crippen LogP contribution in [0.2, 0.25) is 0 Å². The number of hydrogen-bond acceptors (Lipinski definition) is 3. The van der Waals surface area contributed by atoms with Crippen molar-refractivity contribution in [1.29, 1.82) is 0 Å². The molecule has 1 saturated heterocycles. The fourth-order valence-corrected chi connectivity index (χ4v) is 2.60. The Balaban J connectivity index is 2.70. The molecule has 1 aliphatic rings. The van der Waals surface area contributed by atoms with Crippen LogP contribution in [0.3, 0.4) is 0 Å². The van der Waals surface area contributed by atoms with E-state index in [4.69, 9.17) is 0 Å². The smallest absolute Gasteiger partial charge is 0.0444 e. The molecule has 1 fully saturated rings. The second kappa shape index (κ2) is 7.14. The molecule has 1 rings (SSSR count). The molecule has 0 bridgehead atoms. The molecular weight excluding hydrogens is 210 g/mol. The van der Waals surface area contributed by atoms with Crippen LogP contribution in [-0.2, 0) is 0 Å². The van der Waals surface area contributed by atoms with Crippen LogP contribution in [0.15, 0.2) is 12.2 Å². The first-order valence-corrected chi connectivity index (χ1v) is 6.83. The topological polar surface area (TPSA) is 18.5 Å². The summed E-state index contributed by atoms with van der Waals surface area (Å²) in [6, 6.07) is 0.965. The van der Waals surface area contributed by atoms with E-state index in [9.17, 15) is 0 Å². The Morgan fingerprint density at radius 3 is 2.71 bits per heavy atom. The van der Waals surface area contributed by atoms with E-state index < -0.39 is 0 Å². The van der Waals surface area contributed by atoms with Gasteiger partial charge in [-0.05, 0) is 53.5 Å². The minimum absolute atomic E-state index is 0.417. The molecule has 3 nitrogen and oxygen atoms in total. The molecular formula is C14H29N3. The third kappa shape index (κ3) is 4.41. The van der Waals surface area contributed by atoms with E-state index in [1.165, 1.54) is 31.5 Å². The van der Waals surface area contributed by atoms with Gasteiger partial charge in [0.05, 0.1) is 0 Å². The Kier molecular flexibility index (Phi) is 6.17. The van der Waals surface area contributed by atoms with Crippen LogP contribution in [0.5, 0.6) is 0 Å². The zero-order valence-electron chi connectivity index (χ0n) is 12.0. The van der Waals surface area contributed by atoms with Crippen molar-refractivity contribution in [3.8, 4) is 0 Å². The van der Waals surface area contributed by atoms with Crippen molar-refractivity contribution in [2.45, 2.75) is 38.8 Å². The molecule has 1 aliphatic heterocycles. The molecule has 0 spiro atoms. The highest BCUT2D eigenvalue weighted by Gasteiger charge is 2.28. The first-order valence-electron chi connectivity index (χ1n) is 6.83. The molecule has 0 aromatic heterocycles. The van der Waals surface area contributed by atoms with Gasteiger partial charge in [0.15, 0.2) is 0 Å². The van der Waals surface area contributed by atoms with Crippen molar-refractivity contribution in [2.24, 2.45) is 0 Å². The summed E-state index contributed by atoms with van der Waals surface area (Å²) < 4.78 is 0. The van der Waals surface area contributed by atoms with Gasteiger partial charge in [0.25, 0.3) is 0 Å². The Hall–Kier alpha value is -0.380. The Morgan fingerprint density at radius 1 is 1.41 bits per heavy atom. The second-order valence-corrected chi connectivity index (χ2v) is 5.44. The average Bonchev–Trinajstić information content (AvgIpc) is 2.42. The molecule has 1 heterocycles. The fraction of sp³-hybridized carbons (Fsp3) is 0.857. The summed E-state index contributed by atoms with van der Waals surface area (Å²) in [6.45, 7) is 13.1. The van der Waals surface area contributed by atoms with Crippen molar-refractivity contribution >= 4 is 0 Å². The van der Waals surface area contributed by atoms with E-state index in [0.717, 1.165) is 13.1 Å². The predicted molar refractivity (Wildman–Crippen MR) is 75.4 cm³/mol. The lowest BCUT2D eigenvalue weighted by Gasteiger charge is -2.35. The monoisotopic (exact) mass is 239 g/mol. The summed E-state index contributed by atoms with van der Waals surface area (Å²) in [5, 5.41) is 3.65. The molecule has 0 radical (unpaired) electrons. The minimum Gasteiger partial charge on any atom is -0.309 e. The van der Waals surface area contributed by atoms with Crippen molar-refractivity contribution in [2.75, 3.05) is 40.3 Å². The van der Waals surface area contributed by atoms with Crippen LogP contribution in [0.1, 0.15) is 26.7 Å². The van der Waals surface area contributed by atoms with Crippen LogP contribution >= 0.6 is 0 Å². The van der Waals surface area contributed by atoms with Gasteiger partial charge in [-0.3, -0.25) is 0 Å². The van der Waals surface area contributed by atoms with Gasteiger partial charge in [-0.25, -0.2) is 0 Å². The maximum Gasteiger partial charge on any atom is 0.0444 e. The van der Waals surface area contributed by atoms with E-state index in [2.05, 4.69) is 49.6 Å². The Morgan fingerprint density at radius 2 is 2.12 bits per heavy atom. The quantitative estimate of drug-likeness (QED) is 0.735.